The van der Waals surface area contributed by atoms with E-state index in [1.165, 1.54) is 0 Å². The molecule has 108 valence electrons. The van der Waals surface area contributed by atoms with Crippen LogP contribution in [0, 0.1) is 16.0 Å². The zero-order valence-corrected chi connectivity index (χ0v) is 11.9. The molecular formula is C14H17FN2O2S. The van der Waals surface area contributed by atoms with Crippen molar-refractivity contribution < 1.29 is 9.31 Å². The van der Waals surface area contributed by atoms with Gasteiger partial charge in [-0.15, -0.1) is 11.8 Å². The van der Waals surface area contributed by atoms with E-state index in [0.717, 1.165) is 42.0 Å². The Labute approximate surface area is 121 Å². The van der Waals surface area contributed by atoms with E-state index >= 15 is 0 Å². The Bertz CT molecular complexity index is 507. The number of allylic oxidation sites excluding steroid dienone is 1. The maximum Gasteiger partial charge on any atom is 0.286 e. The number of nitrogens with zero attached hydrogens (tertiary/aromatic N) is 2. The fourth-order valence-electron chi connectivity index (χ4n) is 3.10. The van der Waals surface area contributed by atoms with Crippen LogP contribution >= 0.6 is 11.8 Å². The van der Waals surface area contributed by atoms with Crippen molar-refractivity contribution in [1.29, 1.82) is 0 Å². The molecule has 0 amide bonds. The monoisotopic (exact) mass is 296 g/mol. The van der Waals surface area contributed by atoms with Crippen LogP contribution < -0.4 is 0 Å². The van der Waals surface area contributed by atoms with Gasteiger partial charge in [0.1, 0.15) is 0 Å². The Hall–Kier alpha value is -1.30. The first-order chi connectivity index (χ1) is 9.69. The molecule has 6 heteroatoms. The Morgan fingerprint density at radius 2 is 2.15 bits per heavy atom. The molecule has 0 bridgehead atoms. The first-order valence-corrected chi connectivity index (χ1v) is 7.93. The first kappa shape index (κ1) is 13.7. The summed E-state index contributed by atoms with van der Waals surface area (Å²) >= 11 is 1.64. The topological polar surface area (TPSA) is 46.4 Å². The van der Waals surface area contributed by atoms with Crippen LogP contribution in [-0.4, -0.2) is 28.3 Å². The van der Waals surface area contributed by atoms with Crippen molar-refractivity contribution in [3.05, 3.63) is 44.8 Å². The molecule has 0 aromatic carbocycles. The lowest BCUT2D eigenvalue weighted by Gasteiger charge is -2.37. The largest absolute Gasteiger partial charge is 0.338 e. The third-order valence-electron chi connectivity index (χ3n) is 4.24. The van der Waals surface area contributed by atoms with Gasteiger partial charge in [0, 0.05) is 22.8 Å². The van der Waals surface area contributed by atoms with E-state index in [1.54, 1.807) is 24.0 Å². The molecule has 2 heterocycles. The molecular weight excluding hydrogens is 279 g/mol. The molecule has 0 N–H and O–H groups in total. The van der Waals surface area contributed by atoms with E-state index in [-0.39, 0.29) is 29.3 Å². The maximum atomic E-state index is 12.7. The van der Waals surface area contributed by atoms with Crippen molar-refractivity contribution in [2.24, 2.45) is 5.92 Å². The maximum absolute atomic E-state index is 12.7. The summed E-state index contributed by atoms with van der Waals surface area (Å²) in [4.78, 5) is 13.8. The highest BCUT2D eigenvalue weighted by Gasteiger charge is 2.33. The summed E-state index contributed by atoms with van der Waals surface area (Å²) in [6.07, 6.45) is 9.01. The van der Waals surface area contributed by atoms with Crippen LogP contribution in [0.25, 0.3) is 0 Å². The minimum Gasteiger partial charge on any atom is -0.338 e. The van der Waals surface area contributed by atoms with Gasteiger partial charge in [0.15, 0.2) is 0 Å². The number of thioether (sulfide) groups is 1. The molecule has 0 unspecified atom stereocenters. The van der Waals surface area contributed by atoms with Crippen molar-refractivity contribution in [1.82, 2.24) is 4.90 Å². The van der Waals surface area contributed by atoms with E-state index in [2.05, 4.69) is 11.0 Å². The SMILES string of the molecule is O=[N+]([O-])C1=CN(C2CCC(CF)CC2)C2=CCSC2=C1. The van der Waals surface area contributed by atoms with Crippen LogP contribution in [0.2, 0.25) is 0 Å². The van der Waals surface area contributed by atoms with Gasteiger partial charge in [0.05, 0.1) is 23.5 Å². The molecule has 3 rings (SSSR count). The van der Waals surface area contributed by atoms with Gasteiger partial charge >= 0.3 is 0 Å². The van der Waals surface area contributed by atoms with Crippen molar-refractivity contribution in [2.75, 3.05) is 12.4 Å². The number of hydrogen-bond acceptors (Lipinski definition) is 4. The molecule has 0 radical (unpaired) electrons. The predicted molar refractivity (Wildman–Crippen MR) is 77.3 cm³/mol. The number of halogens is 1. The van der Waals surface area contributed by atoms with Crippen molar-refractivity contribution >= 4 is 11.8 Å². The fraction of sp³-hybridized carbons (Fsp3) is 0.571. The fourth-order valence-corrected chi connectivity index (χ4v) is 4.06. The van der Waals surface area contributed by atoms with Gasteiger partial charge in [-0.2, -0.15) is 0 Å². The second-order valence-corrected chi connectivity index (χ2v) is 6.52. The van der Waals surface area contributed by atoms with Crippen LogP contribution in [0.3, 0.4) is 0 Å². The Kier molecular flexibility index (Phi) is 3.83. The molecule has 1 aliphatic carbocycles. The lowest BCUT2D eigenvalue weighted by atomic mass is 9.85. The summed E-state index contributed by atoms with van der Waals surface area (Å²) in [6, 6.07) is 0.265. The van der Waals surface area contributed by atoms with Gasteiger partial charge in [-0.05, 0) is 37.7 Å². The summed E-state index contributed by atoms with van der Waals surface area (Å²) in [7, 11) is 0. The zero-order valence-electron chi connectivity index (χ0n) is 11.1. The molecule has 3 aliphatic rings. The predicted octanol–water partition coefficient (Wildman–Crippen LogP) is 3.46. The highest BCUT2D eigenvalue weighted by Crippen LogP contribution is 2.41. The summed E-state index contributed by atoms with van der Waals surface area (Å²) in [5, 5.41) is 11.1. The second-order valence-electron chi connectivity index (χ2n) is 5.46. The molecule has 0 aromatic rings. The highest BCUT2D eigenvalue weighted by molar-refractivity contribution is 8.03. The third-order valence-corrected chi connectivity index (χ3v) is 5.21. The van der Waals surface area contributed by atoms with Crippen LogP contribution in [-0.2, 0) is 0 Å². The average molecular weight is 296 g/mol. The normalized spacial score (nSPS) is 29.4. The summed E-state index contributed by atoms with van der Waals surface area (Å²) in [6.45, 7) is -0.244. The Balaban J connectivity index is 1.81. The lowest BCUT2D eigenvalue weighted by Crippen LogP contribution is -2.36. The van der Waals surface area contributed by atoms with Crippen molar-refractivity contribution in [3.63, 3.8) is 0 Å². The van der Waals surface area contributed by atoms with Crippen molar-refractivity contribution in [3.8, 4) is 0 Å². The van der Waals surface area contributed by atoms with Gasteiger partial charge in [-0.25, -0.2) is 0 Å². The van der Waals surface area contributed by atoms with Crippen LogP contribution in [0.15, 0.2) is 34.7 Å². The van der Waals surface area contributed by atoms with Crippen LogP contribution in [0.5, 0.6) is 0 Å². The summed E-state index contributed by atoms with van der Waals surface area (Å²) in [5.74, 6) is 1.05. The lowest BCUT2D eigenvalue weighted by molar-refractivity contribution is -0.420. The smallest absolute Gasteiger partial charge is 0.286 e. The highest BCUT2D eigenvalue weighted by atomic mass is 32.2. The second kappa shape index (κ2) is 5.60. The zero-order chi connectivity index (χ0) is 14.1. The molecule has 0 aromatic heterocycles. The molecule has 0 spiro atoms. The van der Waals surface area contributed by atoms with E-state index in [9.17, 15) is 14.5 Å². The quantitative estimate of drug-likeness (QED) is 0.591. The summed E-state index contributed by atoms with van der Waals surface area (Å²) < 4.78 is 12.7. The Morgan fingerprint density at radius 1 is 1.40 bits per heavy atom. The minimum atomic E-state index is -0.331. The number of nitro groups is 1. The molecule has 1 fully saturated rings. The molecule has 20 heavy (non-hydrogen) atoms. The van der Waals surface area contributed by atoms with Crippen molar-refractivity contribution in [2.45, 2.75) is 31.7 Å². The van der Waals surface area contributed by atoms with Gasteiger partial charge in [-0.1, -0.05) is 0 Å². The standard InChI is InChI=1S/C14H17FN2O2S/c15-8-10-1-3-11(4-2-10)16-9-12(17(18)19)7-14-13(16)5-6-20-14/h5,7,9-11H,1-4,6,8H2. The molecule has 2 aliphatic heterocycles. The number of rotatable bonds is 3. The van der Waals surface area contributed by atoms with E-state index in [4.69, 9.17) is 0 Å². The van der Waals surface area contributed by atoms with Gasteiger partial charge < -0.3 is 4.90 Å². The van der Waals surface area contributed by atoms with Gasteiger partial charge in [0.2, 0.25) is 0 Å². The molecule has 4 nitrogen and oxygen atoms in total. The van der Waals surface area contributed by atoms with E-state index in [1.807, 2.05) is 0 Å². The molecule has 0 saturated heterocycles. The van der Waals surface area contributed by atoms with Gasteiger partial charge in [-0.3, -0.25) is 14.5 Å². The number of alkyl halides is 1. The number of fused-ring (bicyclic) bond motifs is 1. The number of hydrogen-bond donors (Lipinski definition) is 0. The Morgan fingerprint density at radius 3 is 2.80 bits per heavy atom. The third kappa shape index (κ3) is 2.49. The first-order valence-electron chi connectivity index (χ1n) is 6.94. The van der Waals surface area contributed by atoms with Gasteiger partial charge in [0.25, 0.3) is 5.70 Å². The minimum absolute atomic E-state index is 0.152. The average Bonchev–Trinajstić information content (AvgIpc) is 2.94. The van der Waals surface area contributed by atoms with E-state index < -0.39 is 0 Å². The molecule has 1 saturated carbocycles. The van der Waals surface area contributed by atoms with Crippen LogP contribution in [0.4, 0.5) is 4.39 Å². The summed E-state index contributed by atoms with van der Waals surface area (Å²) in [5.41, 5.74) is 1.25. The van der Waals surface area contributed by atoms with Crippen LogP contribution in [0.1, 0.15) is 25.7 Å². The molecule has 0 atom stereocenters. The van der Waals surface area contributed by atoms with E-state index in [0.29, 0.717) is 0 Å².